The second kappa shape index (κ2) is 4.28. The summed E-state index contributed by atoms with van der Waals surface area (Å²) in [6, 6.07) is 8.12. The van der Waals surface area contributed by atoms with Crippen LogP contribution in [0.15, 0.2) is 53.9 Å². The average Bonchev–Trinajstić information content (AvgIpc) is 2.31. The Morgan fingerprint density at radius 3 is 2.25 bits per heavy atom. The van der Waals surface area contributed by atoms with Crippen molar-refractivity contribution in [2.24, 2.45) is 0 Å². The van der Waals surface area contributed by atoms with Gasteiger partial charge in [-0.25, -0.2) is 18.4 Å². The molecular formula is C10H9N3O2S. The lowest BCUT2D eigenvalue weighted by Gasteiger charge is -2.06. The first-order valence-corrected chi connectivity index (χ1v) is 6.00. The molecule has 5 nitrogen and oxygen atoms in total. The zero-order valence-electron chi connectivity index (χ0n) is 8.24. The van der Waals surface area contributed by atoms with Crippen LogP contribution < -0.4 is 4.72 Å². The number of aromatic nitrogens is 2. The van der Waals surface area contributed by atoms with Crippen LogP contribution in [0, 0.1) is 0 Å². The van der Waals surface area contributed by atoms with E-state index in [1.54, 1.807) is 18.2 Å². The third-order valence-electron chi connectivity index (χ3n) is 1.87. The first kappa shape index (κ1) is 10.6. The summed E-state index contributed by atoms with van der Waals surface area (Å²) in [5.74, 6) is 0. The molecule has 0 aliphatic rings. The van der Waals surface area contributed by atoms with Gasteiger partial charge in [0.15, 0.2) is 0 Å². The van der Waals surface area contributed by atoms with Crippen molar-refractivity contribution in [2.75, 3.05) is 4.72 Å². The molecule has 1 heterocycles. The normalized spacial score (nSPS) is 11.0. The van der Waals surface area contributed by atoms with Gasteiger partial charge in [0.25, 0.3) is 10.0 Å². The molecule has 0 spiro atoms. The lowest BCUT2D eigenvalue weighted by molar-refractivity contribution is 0.601. The van der Waals surface area contributed by atoms with E-state index in [0.29, 0.717) is 5.69 Å². The summed E-state index contributed by atoms with van der Waals surface area (Å²) in [6.45, 7) is 0. The highest BCUT2D eigenvalue weighted by molar-refractivity contribution is 7.92. The Labute approximate surface area is 93.2 Å². The molecule has 0 bridgehead atoms. The zero-order valence-corrected chi connectivity index (χ0v) is 9.05. The molecule has 1 N–H and O–H groups in total. The Morgan fingerprint density at radius 2 is 1.62 bits per heavy atom. The molecule has 82 valence electrons. The number of hydrogen-bond acceptors (Lipinski definition) is 4. The Hall–Kier alpha value is -1.95. The number of nitrogens with one attached hydrogen (secondary N) is 1. The molecule has 0 aliphatic carbocycles. The topological polar surface area (TPSA) is 72.0 Å². The molecule has 0 atom stereocenters. The maximum atomic E-state index is 11.8. The first-order valence-electron chi connectivity index (χ1n) is 4.51. The molecule has 1 aromatic carbocycles. The van der Waals surface area contributed by atoms with Crippen molar-refractivity contribution >= 4 is 15.7 Å². The standard InChI is InChI=1S/C10H9N3O2S/c14-16(15,10-4-2-1-3-5-10)13-9-6-11-8-12-7-9/h1-8,13H. The Bertz CT molecular complexity index is 555. The van der Waals surface area contributed by atoms with Crippen molar-refractivity contribution < 1.29 is 8.42 Å². The van der Waals surface area contributed by atoms with E-state index in [1.807, 2.05) is 0 Å². The SMILES string of the molecule is O=S(=O)(Nc1cncnc1)c1ccccc1. The van der Waals surface area contributed by atoms with E-state index in [1.165, 1.54) is 30.9 Å². The molecule has 1 aromatic heterocycles. The van der Waals surface area contributed by atoms with Crippen LogP contribution in [0.4, 0.5) is 5.69 Å². The molecule has 0 radical (unpaired) electrons. The van der Waals surface area contributed by atoms with Crippen LogP contribution >= 0.6 is 0 Å². The van der Waals surface area contributed by atoms with E-state index < -0.39 is 10.0 Å². The number of rotatable bonds is 3. The van der Waals surface area contributed by atoms with Crippen LogP contribution in [0.3, 0.4) is 0 Å². The summed E-state index contributed by atoms with van der Waals surface area (Å²) in [5, 5.41) is 0. The van der Waals surface area contributed by atoms with E-state index >= 15 is 0 Å². The predicted octanol–water partition coefficient (Wildman–Crippen LogP) is 1.28. The quantitative estimate of drug-likeness (QED) is 0.869. The number of nitrogens with zero attached hydrogens (tertiary/aromatic N) is 2. The van der Waals surface area contributed by atoms with Gasteiger partial charge in [-0.05, 0) is 12.1 Å². The molecule has 0 amide bonds. The lowest BCUT2D eigenvalue weighted by Crippen LogP contribution is -2.12. The van der Waals surface area contributed by atoms with Crippen LogP contribution in [-0.4, -0.2) is 18.4 Å². The Kier molecular flexibility index (Phi) is 2.82. The van der Waals surface area contributed by atoms with Gasteiger partial charge in [0.1, 0.15) is 6.33 Å². The van der Waals surface area contributed by atoms with Crippen LogP contribution in [0.2, 0.25) is 0 Å². The molecule has 2 aromatic rings. The van der Waals surface area contributed by atoms with Gasteiger partial charge in [-0.1, -0.05) is 18.2 Å². The van der Waals surface area contributed by atoms with Crippen LogP contribution in [0.25, 0.3) is 0 Å². The fourth-order valence-corrected chi connectivity index (χ4v) is 2.21. The number of sulfonamides is 1. The first-order chi connectivity index (χ1) is 7.68. The lowest BCUT2D eigenvalue weighted by atomic mass is 10.4. The minimum atomic E-state index is -3.54. The minimum Gasteiger partial charge on any atom is -0.276 e. The molecule has 0 fully saturated rings. The monoisotopic (exact) mass is 235 g/mol. The number of hydrogen-bond donors (Lipinski definition) is 1. The molecule has 6 heteroatoms. The molecular weight excluding hydrogens is 226 g/mol. The summed E-state index contributed by atoms with van der Waals surface area (Å²) in [4.78, 5) is 7.66. The predicted molar refractivity (Wildman–Crippen MR) is 59.3 cm³/mol. The van der Waals surface area contributed by atoms with Crippen molar-refractivity contribution in [3.63, 3.8) is 0 Å². The highest BCUT2D eigenvalue weighted by Gasteiger charge is 2.12. The van der Waals surface area contributed by atoms with E-state index in [-0.39, 0.29) is 4.90 Å². The average molecular weight is 235 g/mol. The Morgan fingerprint density at radius 1 is 1.00 bits per heavy atom. The summed E-state index contributed by atoms with van der Waals surface area (Å²) in [6.07, 6.45) is 4.13. The molecule has 2 rings (SSSR count). The zero-order chi connectivity index (χ0) is 11.4. The number of anilines is 1. The van der Waals surface area contributed by atoms with Crippen LogP contribution in [0.5, 0.6) is 0 Å². The molecule has 0 aliphatic heterocycles. The highest BCUT2D eigenvalue weighted by Crippen LogP contribution is 2.13. The molecule has 16 heavy (non-hydrogen) atoms. The van der Waals surface area contributed by atoms with E-state index in [2.05, 4.69) is 14.7 Å². The fourth-order valence-electron chi connectivity index (χ4n) is 1.17. The van der Waals surface area contributed by atoms with Gasteiger partial charge in [0.2, 0.25) is 0 Å². The van der Waals surface area contributed by atoms with Crippen molar-refractivity contribution in [1.82, 2.24) is 9.97 Å². The van der Waals surface area contributed by atoms with Crippen LogP contribution in [0.1, 0.15) is 0 Å². The molecule has 0 unspecified atom stereocenters. The van der Waals surface area contributed by atoms with Crippen molar-refractivity contribution in [2.45, 2.75) is 4.90 Å². The van der Waals surface area contributed by atoms with Crippen LogP contribution in [-0.2, 0) is 10.0 Å². The van der Waals surface area contributed by atoms with E-state index in [4.69, 9.17) is 0 Å². The maximum absolute atomic E-state index is 11.8. The second-order valence-corrected chi connectivity index (χ2v) is 4.73. The van der Waals surface area contributed by atoms with Gasteiger partial charge in [-0.2, -0.15) is 0 Å². The largest absolute Gasteiger partial charge is 0.276 e. The van der Waals surface area contributed by atoms with Gasteiger partial charge in [0.05, 0.1) is 23.0 Å². The third-order valence-corrected chi connectivity index (χ3v) is 3.26. The third kappa shape index (κ3) is 2.34. The van der Waals surface area contributed by atoms with Gasteiger partial charge in [-0.15, -0.1) is 0 Å². The van der Waals surface area contributed by atoms with Gasteiger partial charge in [-0.3, -0.25) is 4.72 Å². The van der Waals surface area contributed by atoms with E-state index in [9.17, 15) is 8.42 Å². The van der Waals surface area contributed by atoms with Gasteiger partial charge < -0.3 is 0 Å². The summed E-state index contributed by atoms with van der Waals surface area (Å²) >= 11 is 0. The smallest absolute Gasteiger partial charge is 0.261 e. The fraction of sp³-hybridized carbons (Fsp3) is 0. The summed E-state index contributed by atoms with van der Waals surface area (Å²) in [7, 11) is -3.54. The summed E-state index contributed by atoms with van der Waals surface area (Å²) < 4.78 is 26.1. The molecule has 0 saturated carbocycles. The van der Waals surface area contributed by atoms with Crippen molar-refractivity contribution in [3.8, 4) is 0 Å². The number of benzene rings is 1. The Balaban J connectivity index is 2.29. The van der Waals surface area contributed by atoms with Crippen molar-refractivity contribution in [1.29, 1.82) is 0 Å². The highest BCUT2D eigenvalue weighted by atomic mass is 32.2. The van der Waals surface area contributed by atoms with Crippen molar-refractivity contribution in [3.05, 3.63) is 49.1 Å². The second-order valence-electron chi connectivity index (χ2n) is 3.05. The minimum absolute atomic E-state index is 0.207. The maximum Gasteiger partial charge on any atom is 0.261 e. The summed E-state index contributed by atoms with van der Waals surface area (Å²) in [5.41, 5.74) is 0.339. The van der Waals surface area contributed by atoms with E-state index in [0.717, 1.165) is 0 Å². The van der Waals surface area contributed by atoms with Gasteiger partial charge in [0, 0.05) is 0 Å². The molecule has 0 saturated heterocycles. The van der Waals surface area contributed by atoms with Gasteiger partial charge >= 0.3 is 0 Å².